The van der Waals surface area contributed by atoms with Gasteiger partial charge in [0.2, 0.25) is 0 Å². The van der Waals surface area contributed by atoms with Crippen molar-refractivity contribution in [1.82, 2.24) is 9.38 Å². The predicted molar refractivity (Wildman–Crippen MR) is 99.0 cm³/mol. The van der Waals surface area contributed by atoms with E-state index in [1.54, 1.807) is 6.92 Å². The minimum Gasteiger partial charge on any atom is -0.319 e. The summed E-state index contributed by atoms with van der Waals surface area (Å²) in [4.78, 5) is 17.0. The number of carbonyl (C=O) groups is 1. The number of anilines is 1. The van der Waals surface area contributed by atoms with Crippen LogP contribution in [0, 0.1) is 0 Å². The summed E-state index contributed by atoms with van der Waals surface area (Å²) in [7, 11) is 0. The summed E-state index contributed by atoms with van der Waals surface area (Å²) in [5.74, 6) is -0.668. The van der Waals surface area contributed by atoms with Gasteiger partial charge >= 0.3 is 6.18 Å². The summed E-state index contributed by atoms with van der Waals surface area (Å²) in [6, 6.07) is 4.85. The fraction of sp³-hybridized carbons (Fsp3) is 0.176. The summed E-state index contributed by atoms with van der Waals surface area (Å²) in [5, 5.41) is 3.07. The van der Waals surface area contributed by atoms with E-state index >= 15 is 0 Å². The van der Waals surface area contributed by atoms with E-state index in [1.165, 1.54) is 18.2 Å². The van der Waals surface area contributed by atoms with E-state index in [2.05, 4.69) is 10.3 Å². The number of nitrogens with one attached hydrogen (secondary N) is 1. The number of hydrogen-bond acceptors (Lipinski definition) is 2. The molecule has 0 bridgehead atoms. The predicted octanol–water partition coefficient (Wildman–Crippen LogP) is 6.13. The third kappa shape index (κ3) is 3.85. The molecule has 1 N–H and O–H groups in total. The summed E-state index contributed by atoms with van der Waals surface area (Å²) in [6.07, 6.45) is -3.36. The van der Waals surface area contributed by atoms with Crippen LogP contribution in [-0.2, 0) is 12.6 Å². The van der Waals surface area contributed by atoms with Crippen LogP contribution in [0.2, 0.25) is 15.1 Å². The van der Waals surface area contributed by atoms with Gasteiger partial charge in [-0.1, -0.05) is 41.7 Å². The van der Waals surface area contributed by atoms with E-state index in [1.807, 2.05) is 0 Å². The lowest BCUT2D eigenvalue weighted by Crippen LogP contribution is -2.17. The molecule has 4 nitrogen and oxygen atoms in total. The summed E-state index contributed by atoms with van der Waals surface area (Å²) in [6.45, 7) is 1.75. The van der Waals surface area contributed by atoms with Crippen LogP contribution in [-0.4, -0.2) is 15.3 Å². The standard InChI is InChI=1S/C17H11Cl3F3N3O/c1-2-12-15(16(27)25-13-6-10(19)9(18)5-11(13)20)26-7-8(17(21,22)23)3-4-14(26)24-12/h3-7H,2H2,1H3,(H,25,27). The maximum absolute atomic E-state index is 13.0. The van der Waals surface area contributed by atoms with Crippen molar-refractivity contribution in [3.8, 4) is 0 Å². The third-order valence-corrected chi connectivity index (χ3v) is 4.86. The first-order valence-electron chi connectivity index (χ1n) is 7.66. The second kappa shape index (κ2) is 7.22. The highest BCUT2D eigenvalue weighted by molar-refractivity contribution is 6.44. The number of amides is 1. The Balaban J connectivity index is 2.09. The monoisotopic (exact) mass is 435 g/mol. The number of imidazole rings is 1. The van der Waals surface area contributed by atoms with E-state index in [9.17, 15) is 18.0 Å². The second-order valence-electron chi connectivity index (χ2n) is 5.60. The number of benzene rings is 1. The number of carbonyl (C=O) groups excluding carboxylic acids is 1. The van der Waals surface area contributed by atoms with Gasteiger partial charge in [0.05, 0.1) is 32.0 Å². The number of hydrogen-bond donors (Lipinski definition) is 1. The lowest BCUT2D eigenvalue weighted by molar-refractivity contribution is -0.137. The van der Waals surface area contributed by atoms with E-state index in [-0.39, 0.29) is 32.1 Å². The van der Waals surface area contributed by atoms with Crippen LogP contribution in [0.5, 0.6) is 0 Å². The molecule has 0 spiro atoms. The Labute approximate surface area is 166 Å². The van der Waals surface area contributed by atoms with Crippen LogP contribution in [0.1, 0.15) is 28.7 Å². The number of rotatable bonds is 3. The van der Waals surface area contributed by atoms with Gasteiger partial charge in [-0.2, -0.15) is 13.2 Å². The van der Waals surface area contributed by atoms with Gasteiger partial charge in [-0.25, -0.2) is 4.98 Å². The molecule has 0 saturated carbocycles. The zero-order chi connectivity index (χ0) is 19.9. The first kappa shape index (κ1) is 19.8. The largest absolute Gasteiger partial charge is 0.417 e. The van der Waals surface area contributed by atoms with Gasteiger partial charge < -0.3 is 5.32 Å². The molecule has 10 heteroatoms. The molecule has 0 radical (unpaired) electrons. The van der Waals surface area contributed by atoms with Crippen LogP contribution >= 0.6 is 34.8 Å². The van der Waals surface area contributed by atoms with Crippen LogP contribution in [0.4, 0.5) is 18.9 Å². The van der Waals surface area contributed by atoms with E-state index in [0.717, 1.165) is 16.7 Å². The summed E-state index contributed by atoms with van der Waals surface area (Å²) >= 11 is 17.8. The molecule has 0 aliphatic rings. The van der Waals surface area contributed by atoms with Gasteiger partial charge in [-0.3, -0.25) is 9.20 Å². The normalized spacial score (nSPS) is 11.8. The number of pyridine rings is 1. The molecule has 0 unspecified atom stereocenters. The molecule has 27 heavy (non-hydrogen) atoms. The smallest absolute Gasteiger partial charge is 0.319 e. The highest BCUT2D eigenvalue weighted by Gasteiger charge is 2.32. The molecule has 0 atom stereocenters. The number of halogens is 6. The molecule has 3 rings (SSSR count). The highest BCUT2D eigenvalue weighted by Crippen LogP contribution is 2.33. The van der Waals surface area contributed by atoms with E-state index in [0.29, 0.717) is 12.1 Å². The molecule has 1 amide bonds. The number of aromatic nitrogens is 2. The Bertz CT molecular complexity index is 1050. The van der Waals surface area contributed by atoms with Crippen molar-refractivity contribution in [3.63, 3.8) is 0 Å². The first-order chi connectivity index (χ1) is 12.6. The Morgan fingerprint density at radius 3 is 2.44 bits per heavy atom. The molecule has 142 valence electrons. The van der Waals surface area contributed by atoms with Crippen LogP contribution in [0.3, 0.4) is 0 Å². The van der Waals surface area contributed by atoms with Gasteiger partial charge in [0, 0.05) is 6.20 Å². The average Bonchev–Trinajstić information content (AvgIpc) is 2.96. The number of nitrogens with zero attached hydrogens (tertiary/aromatic N) is 2. The van der Waals surface area contributed by atoms with Crippen LogP contribution < -0.4 is 5.32 Å². The van der Waals surface area contributed by atoms with Gasteiger partial charge in [0.15, 0.2) is 0 Å². The maximum Gasteiger partial charge on any atom is 0.417 e. The quantitative estimate of drug-likeness (QED) is 0.502. The van der Waals surface area contributed by atoms with Crippen molar-refractivity contribution in [2.75, 3.05) is 5.32 Å². The molecular formula is C17H11Cl3F3N3O. The van der Waals surface area contributed by atoms with Gasteiger partial charge in [-0.15, -0.1) is 0 Å². The van der Waals surface area contributed by atoms with Crippen molar-refractivity contribution >= 4 is 52.0 Å². The van der Waals surface area contributed by atoms with Gasteiger partial charge in [0.25, 0.3) is 5.91 Å². The zero-order valence-electron chi connectivity index (χ0n) is 13.7. The lowest BCUT2D eigenvalue weighted by atomic mass is 10.2. The third-order valence-electron chi connectivity index (χ3n) is 3.83. The maximum atomic E-state index is 13.0. The summed E-state index contributed by atoms with van der Waals surface area (Å²) < 4.78 is 40.2. The average molecular weight is 437 g/mol. The molecule has 2 aromatic heterocycles. The Morgan fingerprint density at radius 1 is 1.15 bits per heavy atom. The first-order valence-corrected chi connectivity index (χ1v) is 8.79. The minimum atomic E-state index is -4.55. The molecular weight excluding hydrogens is 426 g/mol. The molecule has 2 heterocycles. The van der Waals surface area contributed by atoms with Crippen molar-refractivity contribution < 1.29 is 18.0 Å². The van der Waals surface area contributed by atoms with Gasteiger partial charge in [0.1, 0.15) is 11.3 Å². The Kier molecular flexibility index (Phi) is 5.29. The molecule has 0 fully saturated rings. The fourth-order valence-corrected chi connectivity index (χ4v) is 3.14. The second-order valence-corrected chi connectivity index (χ2v) is 6.83. The Morgan fingerprint density at radius 2 is 1.81 bits per heavy atom. The van der Waals surface area contributed by atoms with Crippen molar-refractivity contribution in [2.45, 2.75) is 19.5 Å². The molecule has 1 aromatic carbocycles. The zero-order valence-corrected chi connectivity index (χ0v) is 15.9. The summed E-state index contributed by atoms with van der Waals surface area (Å²) in [5.41, 5.74) is -0.147. The van der Waals surface area contributed by atoms with E-state index < -0.39 is 17.6 Å². The number of aryl methyl sites for hydroxylation is 1. The van der Waals surface area contributed by atoms with Crippen LogP contribution in [0.15, 0.2) is 30.5 Å². The van der Waals surface area contributed by atoms with Crippen LogP contribution in [0.25, 0.3) is 5.65 Å². The molecule has 0 aliphatic carbocycles. The molecule has 0 aliphatic heterocycles. The minimum absolute atomic E-state index is 0.0132. The topological polar surface area (TPSA) is 46.4 Å². The fourth-order valence-electron chi connectivity index (χ4n) is 2.55. The highest BCUT2D eigenvalue weighted by atomic mass is 35.5. The Hall–Kier alpha value is -1.96. The molecule has 0 saturated heterocycles. The SMILES string of the molecule is CCc1nc2ccc(C(F)(F)F)cn2c1C(=O)Nc1cc(Cl)c(Cl)cc1Cl. The van der Waals surface area contributed by atoms with E-state index in [4.69, 9.17) is 34.8 Å². The molecule has 3 aromatic rings. The lowest BCUT2D eigenvalue weighted by Gasteiger charge is -2.11. The van der Waals surface area contributed by atoms with Gasteiger partial charge in [-0.05, 0) is 30.7 Å². The van der Waals surface area contributed by atoms with Crippen molar-refractivity contribution in [1.29, 1.82) is 0 Å². The number of alkyl halides is 3. The number of fused-ring (bicyclic) bond motifs is 1. The van der Waals surface area contributed by atoms with Crippen molar-refractivity contribution in [3.05, 3.63) is 62.5 Å². The van der Waals surface area contributed by atoms with Crippen molar-refractivity contribution in [2.24, 2.45) is 0 Å².